The van der Waals surface area contributed by atoms with Crippen molar-refractivity contribution in [1.29, 1.82) is 0 Å². The molecule has 0 fully saturated rings. The first-order valence-corrected chi connectivity index (χ1v) is 8.46. The molecule has 0 saturated heterocycles. The summed E-state index contributed by atoms with van der Waals surface area (Å²) in [6, 6.07) is 22.0. The van der Waals surface area contributed by atoms with Crippen LogP contribution in [0.15, 0.2) is 72.8 Å². The van der Waals surface area contributed by atoms with Gasteiger partial charge in [-0.1, -0.05) is 54.1 Å². The second kappa shape index (κ2) is 8.41. The van der Waals surface area contributed by atoms with Crippen molar-refractivity contribution < 1.29 is 14.3 Å². The number of rotatable bonds is 6. The van der Waals surface area contributed by atoms with Gasteiger partial charge in [-0.25, -0.2) is 0 Å². The Balaban J connectivity index is 1.73. The van der Waals surface area contributed by atoms with Gasteiger partial charge in [-0.05, 0) is 35.9 Å². The maximum atomic E-state index is 12.5. The molecule has 0 bridgehead atoms. The summed E-state index contributed by atoms with van der Waals surface area (Å²) < 4.78 is 11.2. The minimum Gasteiger partial charge on any atom is -0.493 e. The summed E-state index contributed by atoms with van der Waals surface area (Å²) in [4.78, 5) is 12.5. The zero-order valence-corrected chi connectivity index (χ0v) is 15.0. The van der Waals surface area contributed by atoms with E-state index in [0.29, 0.717) is 34.4 Å². The number of halogens is 1. The maximum absolute atomic E-state index is 12.5. The molecule has 1 N–H and O–H groups in total. The molecule has 0 spiro atoms. The summed E-state index contributed by atoms with van der Waals surface area (Å²) in [6.45, 7) is 0.419. The Morgan fingerprint density at radius 2 is 1.69 bits per heavy atom. The van der Waals surface area contributed by atoms with Crippen molar-refractivity contribution in [3.05, 3.63) is 88.9 Å². The molecule has 26 heavy (non-hydrogen) atoms. The SMILES string of the molecule is COc1cc(C(=O)Nc2ccccc2Cl)ccc1OCc1ccccc1. The van der Waals surface area contributed by atoms with Gasteiger partial charge in [0.2, 0.25) is 0 Å². The van der Waals surface area contributed by atoms with E-state index in [-0.39, 0.29) is 5.91 Å². The van der Waals surface area contributed by atoms with Gasteiger partial charge >= 0.3 is 0 Å². The zero-order chi connectivity index (χ0) is 18.4. The van der Waals surface area contributed by atoms with Gasteiger partial charge in [0.15, 0.2) is 11.5 Å². The standard InChI is InChI=1S/C21H18ClNO3/c1-25-20-13-16(21(24)23-18-10-6-5-9-17(18)22)11-12-19(20)26-14-15-7-3-2-4-8-15/h2-13H,14H2,1H3,(H,23,24). The first-order chi connectivity index (χ1) is 12.7. The Bertz CT molecular complexity index is 897. The minimum atomic E-state index is -0.272. The molecule has 0 radical (unpaired) electrons. The van der Waals surface area contributed by atoms with Crippen LogP contribution in [0, 0.1) is 0 Å². The van der Waals surface area contributed by atoms with Crippen LogP contribution in [-0.4, -0.2) is 13.0 Å². The summed E-state index contributed by atoms with van der Waals surface area (Å²) in [5, 5.41) is 3.27. The predicted octanol–water partition coefficient (Wildman–Crippen LogP) is 5.18. The number of carbonyl (C=O) groups excluding carboxylic acids is 1. The minimum absolute atomic E-state index is 0.272. The molecule has 4 nitrogen and oxygen atoms in total. The normalized spacial score (nSPS) is 10.2. The molecule has 3 rings (SSSR count). The van der Waals surface area contributed by atoms with E-state index in [2.05, 4.69) is 5.32 Å². The number of carbonyl (C=O) groups is 1. The topological polar surface area (TPSA) is 47.6 Å². The third-order valence-corrected chi connectivity index (χ3v) is 4.11. The van der Waals surface area contributed by atoms with Crippen LogP contribution < -0.4 is 14.8 Å². The van der Waals surface area contributed by atoms with Gasteiger partial charge < -0.3 is 14.8 Å². The molecular weight excluding hydrogens is 350 g/mol. The molecule has 0 aromatic heterocycles. The Kier molecular flexibility index (Phi) is 5.77. The summed E-state index contributed by atoms with van der Waals surface area (Å²) in [5.74, 6) is 0.796. The predicted molar refractivity (Wildman–Crippen MR) is 103 cm³/mol. The van der Waals surface area contributed by atoms with E-state index in [4.69, 9.17) is 21.1 Å². The highest BCUT2D eigenvalue weighted by molar-refractivity contribution is 6.33. The van der Waals surface area contributed by atoms with Crippen LogP contribution in [0.2, 0.25) is 5.02 Å². The van der Waals surface area contributed by atoms with Crippen LogP contribution in [0.4, 0.5) is 5.69 Å². The van der Waals surface area contributed by atoms with Crippen LogP contribution in [-0.2, 0) is 6.61 Å². The van der Waals surface area contributed by atoms with Crippen molar-refractivity contribution in [2.75, 3.05) is 12.4 Å². The third-order valence-electron chi connectivity index (χ3n) is 3.79. The van der Waals surface area contributed by atoms with Crippen LogP contribution >= 0.6 is 11.6 Å². The maximum Gasteiger partial charge on any atom is 0.255 e. The molecule has 0 aliphatic rings. The van der Waals surface area contributed by atoms with Crippen molar-refractivity contribution >= 4 is 23.2 Å². The molecule has 0 unspecified atom stereocenters. The second-order valence-corrected chi connectivity index (χ2v) is 5.98. The highest BCUT2D eigenvalue weighted by atomic mass is 35.5. The van der Waals surface area contributed by atoms with Crippen molar-refractivity contribution in [2.24, 2.45) is 0 Å². The highest BCUT2D eigenvalue weighted by Gasteiger charge is 2.12. The number of amides is 1. The lowest BCUT2D eigenvalue weighted by molar-refractivity contribution is 0.102. The molecule has 0 aliphatic heterocycles. The van der Waals surface area contributed by atoms with Crippen molar-refractivity contribution in [1.82, 2.24) is 0 Å². The van der Waals surface area contributed by atoms with Crippen molar-refractivity contribution in [2.45, 2.75) is 6.61 Å². The molecule has 0 atom stereocenters. The lowest BCUT2D eigenvalue weighted by atomic mass is 10.1. The lowest BCUT2D eigenvalue weighted by Crippen LogP contribution is -2.12. The van der Waals surface area contributed by atoms with E-state index >= 15 is 0 Å². The Labute approximate surface area is 157 Å². The molecule has 3 aromatic carbocycles. The highest BCUT2D eigenvalue weighted by Crippen LogP contribution is 2.29. The molecular formula is C21H18ClNO3. The number of hydrogen-bond acceptors (Lipinski definition) is 3. The first kappa shape index (κ1) is 17.8. The Morgan fingerprint density at radius 1 is 0.962 bits per heavy atom. The number of ether oxygens (including phenoxy) is 2. The third kappa shape index (κ3) is 4.35. The van der Waals surface area contributed by atoms with E-state index in [9.17, 15) is 4.79 Å². The number of methoxy groups -OCH3 is 1. The molecule has 5 heteroatoms. The summed E-state index contributed by atoms with van der Waals surface area (Å²) in [6.07, 6.45) is 0. The smallest absolute Gasteiger partial charge is 0.255 e. The molecule has 132 valence electrons. The van der Waals surface area contributed by atoms with E-state index in [1.54, 1.807) is 43.5 Å². The van der Waals surface area contributed by atoms with Gasteiger partial charge in [-0.2, -0.15) is 0 Å². The van der Waals surface area contributed by atoms with Crippen LogP contribution in [0.3, 0.4) is 0 Å². The molecule has 0 aliphatic carbocycles. The number of anilines is 1. The molecule has 0 saturated carbocycles. The van der Waals surface area contributed by atoms with E-state index in [1.165, 1.54) is 0 Å². The van der Waals surface area contributed by atoms with Crippen LogP contribution in [0.25, 0.3) is 0 Å². The molecule has 0 heterocycles. The second-order valence-electron chi connectivity index (χ2n) is 5.57. The number of benzene rings is 3. The number of nitrogens with one attached hydrogen (secondary N) is 1. The molecule has 3 aromatic rings. The van der Waals surface area contributed by atoms with E-state index < -0.39 is 0 Å². The van der Waals surface area contributed by atoms with E-state index in [1.807, 2.05) is 36.4 Å². The quantitative estimate of drug-likeness (QED) is 0.653. The average molecular weight is 368 g/mol. The van der Waals surface area contributed by atoms with Gasteiger partial charge in [0.05, 0.1) is 17.8 Å². The van der Waals surface area contributed by atoms with Crippen molar-refractivity contribution in [3.63, 3.8) is 0 Å². The van der Waals surface area contributed by atoms with Crippen molar-refractivity contribution in [3.8, 4) is 11.5 Å². The van der Waals surface area contributed by atoms with Gasteiger partial charge in [-0.3, -0.25) is 4.79 Å². The van der Waals surface area contributed by atoms with Gasteiger partial charge in [-0.15, -0.1) is 0 Å². The fraction of sp³-hybridized carbons (Fsp3) is 0.0952. The van der Waals surface area contributed by atoms with Gasteiger partial charge in [0.25, 0.3) is 5.91 Å². The van der Waals surface area contributed by atoms with Gasteiger partial charge in [0.1, 0.15) is 6.61 Å². The van der Waals surface area contributed by atoms with Crippen LogP contribution in [0.5, 0.6) is 11.5 Å². The summed E-state index contributed by atoms with van der Waals surface area (Å²) in [5.41, 5.74) is 2.06. The first-order valence-electron chi connectivity index (χ1n) is 8.08. The Hall–Kier alpha value is -2.98. The number of hydrogen-bond donors (Lipinski definition) is 1. The fourth-order valence-corrected chi connectivity index (χ4v) is 2.60. The summed E-state index contributed by atoms with van der Waals surface area (Å²) >= 11 is 6.08. The van der Waals surface area contributed by atoms with Crippen LogP contribution in [0.1, 0.15) is 15.9 Å². The number of para-hydroxylation sites is 1. The molecule has 1 amide bonds. The van der Waals surface area contributed by atoms with Gasteiger partial charge in [0, 0.05) is 5.56 Å². The summed E-state index contributed by atoms with van der Waals surface area (Å²) in [7, 11) is 1.54. The zero-order valence-electron chi connectivity index (χ0n) is 14.2. The van der Waals surface area contributed by atoms with E-state index in [0.717, 1.165) is 5.56 Å². The average Bonchev–Trinajstić information content (AvgIpc) is 2.68. The monoisotopic (exact) mass is 367 g/mol. The fourth-order valence-electron chi connectivity index (χ4n) is 2.42. The Morgan fingerprint density at radius 3 is 2.42 bits per heavy atom. The largest absolute Gasteiger partial charge is 0.493 e. The lowest BCUT2D eigenvalue weighted by Gasteiger charge is -2.13.